The van der Waals surface area contributed by atoms with Crippen molar-refractivity contribution < 1.29 is 14.6 Å². The van der Waals surface area contributed by atoms with Gasteiger partial charge in [0.2, 0.25) is 0 Å². The number of carbonyl (C=O) groups is 1. The molecule has 1 unspecified atom stereocenters. The Labute approximate surface area is 103 Å². The highest BCUT2D eigenvalue weighted by molar-refractivity contribution is 5.67. The summed E-state index contributed by atoms with van der Waals surface area (Å²) in [7, 11) is 0. The maximum absolute atomic E-state index is 11.5. The van der Waals surface area contributed by atoms with Crippen LogP contribution in [0.1, 0.15) is 33.1 Å². The van der Waals surface area contributed by atoms with E-state index in [0.717, 1.165) is 32.4 Å². The SMILES string of the molecule is CCOC(=O)N1CCC(NC(CC)CO)CC1. The minimum Gasteiger partial charge on any atom is -0.450 e. The number of hydrogen-bond donors (Lipinski definition) is 2. The molecule has 0 bridgehead atoms. The fourth-order valence-corrected chi connectivity index (χ4v) is 2.08. The van der Waals surface area contributed by atoms with Crippen molar-refractivity contribution in [2.45, 2.75) is 45.2 Å². The van der Waals surface area contributed by atoms with E-state index in [0.29, 0.717) is 12.6 Å². The molecular formula is C12H24N2O3. The number of amides is 1. The summed E-state index contributed by atoms with van der Waals surface area (Å²) in [6.45, 7) is 5.95. The highest BCUT2D eigenvalue weighted by Crippen LogP contribution is 2.12. The number of aliphatic hydroxyl groups is 1. The van der Waals surface area contributed by atoms with Crippen LogP contribution in [0.25, 0.3) is 0 Å². The van der Waals surface area contributed by atoms with Gasteiger partial charge in [0.05, 0.1) is 13.2 Å². The number of carbonyl (C=O) groups excluding carboxylic acids is 1. The zero-order valence-electron chi connectivity index (χ0n) is 10.8. The van der Waals surface area contributed by atoms with Gasteiger partial charge in [0.15, 0.2) is 0 Å². The molecule has 0 aromatic rings. The Kier molecular flexibility index (Phi) is 6.29. The summed E-state index contributed by atoms with van der Waals surface area (Å²) in [6.07, 6.45) is 2.57. The van der Waals surface area contributed by atoms with Crippen LogP contribution in [-0.4, -0.2) is 54.5 Å². The van der Waals surface area contributed by atoms with Crippen molar-refractivity contribution in [3.8, 4) is 0 Å². The molecule has 5 heteroatoms. The van der Waals surface area contributed by atoms with Gasteiger partial charge in [-0.05, 0) is 26.2 Å². The number of piperidine rings is 1. The van der Waals surface area contributed by atoms with Crippen LogP contribution in [0.5, 0.6) is 0 Å². The smallest absolute Gasteiger partial charge is 0.409 e. The fraction of sp³-hybridized carbons (Fsp3) is 0.917. The first-order valence-corrected chi connectivity index (χ1v) is 6.49. The third-order valence-corrected chi connectivity index (χ3v) is 3.21. The second kappa shape index (κ2) is 7.50. The minimum absolute atomic E-state index is 0.175. The van der Waals surface area contributed by atoms with Crippen LogP contribution in [0.3, 0.4) is 0 Å². The maximum atomic E-state index is 11.5. The molecule has 1 fully saturated rings. The van der Waals surface area contributed by atoms with Crippen LogP contribution < -0.4 is 5.32 Å². The lowest BCUT2D eigenvalue weighted by molar-refractivity contribution is 0.0927. The molecule has 17 heavy (non-hydrogen) atoms. The van der Waals surface area contributed by atoms with Crippen LogP contribution in [0, 0.1) is 0 Å². The average Bonchev–Trinajstić information content (AvgIpc) is 2.37. The normalized spacial score (nSPS) is 19.1. The number of nitrogens with zero attached hydrogens (tertiary/aromatic N) is 1. The van der Waals surface area contributed by atoms with E-state index >= 15 is 0 Å². The lowest BCUT2D eigenvalue weighted by atomic mass is 10.0. The molecule has 0 aromatic carbocycles. The van der Waals surface area contributed by atoms with Gasteiger partial charge in [-0.15, -0.1) is 0 Å². The van der Waals surface area contributed by atoms with Crippen molar-refractivity contribution >= 4 is 6.09 Å². The number of ether oxygens (including phenoxy) is 1. The first kappa shape index (κ1) is 14.3. The summed E-state index contributed by atoms with van der Waals surface area (Å²) in [5.74, 6) is 0. The average molecular weight is 244 g/mol. The molecule has 100 valence electrons. The zero-order chi connectivity index (χ0) is 12.7. The Bertz CT molecular complexity index is 224. The van der Waals surface area contributed by atoms with E-state index in [4.69, 9.17) is 9.84 Å². The monoisotopic (exact) mass is 244 g/mol. The Morgan fingerprint density at radius 2 is 2.12 bits per heavy atom. The van der Waals surface area contributed by atoms with Crippen molar-refractivity contribution in [3.63, 3.8) is 0 Å². The van der Waals surface area contributed by atoms with Gasteiger partial charge in [0, 0.05) is 25.2 Å². The Morgan fingerprint density at radius 1 is 1.47 bits per heavy atom. The van der Waals surface area contributed by atoms with E-state index in [1.165, 1.54) is 0 Å². The van der Waals surface area contributed by atoms with Gasteiger partial charge in [-0.25, -0.2) is 4.79 Å². The second-order valence-corrected chi connectivity index (χ2v) is 4.41. The summed E-state index contributed by atoms with van der Waals surface area (Å²) >= 11 is 0. The standard InChI is InChI=1S/C12H24N2O3/c1-3-10(9-15)13-11-5-7-14(8-6-11)12(16)17-4-2/h10-11,13,15H,3-9H2,1-2H3. The van der Waals surface area contributed by atoms with Crippen molar-refractivity contribution in [1.29, 1.82) is 0 Å². The topological polar surface area (TPSA) is 61.8 Å². The number of hydrogen-bond acceptors (Lipinski definition) is 4. The second-order valence-electron chi connectivity index (χ2n) is 4.41. The number of aliphatic hydroxyl groups excluding tert-OH is 1. The highest BCUT2D eigenvalue weighted by Gasteiger charge is 2.24. The third kappa shape index (κ3) is 4.52. The van der Waals surface area contributed by atoms with E-state index < -0.39 is 0 Å². The molecule has 0 spiro atoms. The van der Waals surface area contributed by atoms with Crippen molar-refractivity contribution in [1.82, 2.24) is 10.2 Å². The molecule has 1 saturated heterocycles. The number of nitrogens with one attached hydrogen (secondary N) is 1. The van der Waals surface area contributed by atoms with E-state index in [2.05, 4.69) is 12.2 Å². The molecule has 1 rings (SSSR count). The molecule has 1 aliphatic rings. The van der Waals surface area contributed by atoms with Gasteiger partial charge < -0.3 is 20.1 Å². The lowest BCUT2D eigenvalue weighted by Gasteiger charge is -2.33. The predicted molar refractivity (Wildman–Crippen MR) is 65.9 cm³/mol. The number of rotatable bonds is 5. The van der Waals surface area contributed by atoms with E-state index in [1.54, 1.807) is 4.90 Å². The molecule has 0 radical (unpaired) electrons. The van der Waals surface area contributed by atoms with Gasteiger partial charge in [0.25, 0.3) is 0 Å². The molecule has 1 amide bonds. The molecule has 5 nitrogen and oxygen atoms in total. The largest absolute Gasteiger partial charge is 0.450 e. The quantitative estimate of drug-likeness (QED) is 0.756. The maximum Gasteiger partial charge on any atom is 0.409 e. The first-order valence-electron chi connectivity index (χ1n) is 6.49. The van der Waals surface area contributed by atoms with Gasteiger partial charge in [0.1, 0.15) is 0 Å². The summed E-state index contributed by atoms with van der Waals surface area (Å²) in [5, 5.41) is 12.5. The van der Waals surface area contributed by atoms with E-state index in [1.807, 2.05) is 6.92 Å². The molecule has 1 aliphatic heterocycles. The molecule has 1 heterocycles. The Morgan fingerprint density at radius 3 is 2.59 bits per heavy atom. The Balaban J connectivity index is 2.28. The van der Waals surface area contributed by atoms with Gasteiger partial charge in [-0.2, -0.15) is 0 Å². The summed E-state index contributed by atoms with van der Waals surface area (Å²) in [6, 6.07) is 0.576. The molecule has 1 atom stereocenters. The van der Waals surface area contributed by atoms with Crippen molar-refractivity contribution in [2.24, 2.45) is 0 Å². The van der Waals surface area contributed by atoms with Gasteiger partial charge in [-0.3, -0.25) is 0 Å². The fourth-order valence-electron chi connectivity index (χ4n) is 2.08. The zero-order valence-corrected chi connectivity index (χ0v) is 10.8. The summed E-state index contributed by atoms with van der Waals surface area (Å²) in [4.78, 5) is 13.2. The highest BCUT2D eigenvalue weighted by atomic mass is 16.6. The van der Waals surface area contributed by atoms with Crippen molar-refractivity contribution in [2.75, 3.05) is 26.3 Å². The molecular weight excluding hydrogens is 220 g/mol. The van der Waals surface area contributed by atoms with Crippen LogP contribution in [0.2, 0.25) is 0 Å². The van der Waals surface area contributed by atoms with E-state index in [-0.39, 0.29) is 18.7 Å². The van der Waals surface area contributed by atoms with Crippen LogP contribution in [-0.2, 0) is 4.74 Å². The summed E-state index contributed by atoms with van der Waals surface area (Å²) < 4.78 is 4.97. The van der Waals surface area contributed by atoms with Crippen LogP contribution in [0.15, 0.2) is 0 Å². The molecule has 0 saturated carbocycles. The van der Waals surface area contributed by atoms with E-state index in [9.17, 15) is 4.79 Å². The molecule has 2 N–H and O–H groups in total. The van der Waals surface area contributed by atoms with Gasteiger partial charge >= 0.3 is 6.09 Å². The van der Waals surface area contributed by atoms with Crippen molar-refractivity contribution in [3.05, 3.63) is 0 Å². The van der Waals surface area contributed by atoms with Crippen LogP contribution >= 0.6 is 0 Å². The first-order chi connectivity index (χ1) is 8.21. The summed E-state index contributed by atoms with van der Waals surface area (Å²) in [5.41, 5.74) is 0. The van der Waals surface area contributed by atoms with Gasteiger partial charge in [-0.1, -0.05) is 6.92 Å². The third-order valence-electron chi connectivity index (χ3n) is 3.21. The molecule has 0 aliphatic carbocycles. The molecule has 0 aromatic heterocycles. The van der Waals surface area contributed by atoms with Crippen LogP contribution in [0.4, 0.5) is 4.79 Å². The minimum atomic E-state index is -0.208. The predicted octanol–water partition coefficient (Wildman–Crippen LogP) is 0.968. The Hall–Kier alpha value is -0.810. The number of likely N-dealkylation sites (tertiary alicyclic amines) is 1. The lowest BCUT2D eigenvalue weighted by Crippen LogP contribution is -2.48.